The van der Waals surface area contributed by atoms with Crippen molar-refractivity contribution in [1.29, 1.82) is 0 Å². The fourth-order valence-corrected chi connectivity index (χ4v) is 3.40. The highest BCUT2D eigenvalue weighted by Crippen LogP contribution is 2.40. The van der Waals surface area contributed by atoms with Gasteiger partial charge in [-0.3, -0.25) is 0 Å². The maximum absolute atomic E-state index is 5.99. The van der Waals surface area contributed by atoms with Gasteiger partial charge in [-0.15, -0.1) is 0 Å². The Bertz CT molecular complexity index is 434. The molecule has 0 aliphatic heterocycles. The number of ether oxygens (including phenoxy) is 1. The molecule has 1 aromatic heterocycles. The van der Waals surface area contributed by atoms with Crippen LogP contribution in [-0.4, -0.2) is 11.1 Å². The first-order chi connectivity index (χ1) is 8.35. The lowest BCUT2D eigenvalue weighted by Gasteiger charge is -2.38. The van der Waals surface area contributed by atoms with E-state index in [1.807, 2.05) is 6.07 Å². The van der Waals surface area contributed by atoms with Gasteiger partial charge in [-0.1, -0.05) is 20.8 Å². The standard InChI is InChI=1S/C14H21BrN2O/c1-9-4-11(7-14(2,3)6-9)18-13-12(16)5-10(15)8-17-13/h5,8-9,11H,4,6-7,16H2,1-3H3. The van der Waals surface area contributed by atoms with E-state index in [1.54, 1.807) is 6.20 Å². The largest absolute Gasteiger partial charge is 0.473 e. The number of nitrogen functional groups attached to an aromatic ring is 1. The number of hydrogen-bond acceptors (Lipinski definition) is 3. The fraction of sp³-hybridized carbons (Fsp3) is 0.643. The van der Waals surface area contributed by atoms with Gasteiger partial charge >= 0.3 is 0 Å². The SMILES string of the molecule is CC1CC(Oc2ncc(Br)cc2N)CC(C)(C)C1. The molecule has 18 heavy (non-hydrogen) atoms. The molecule has 1 aliphatic rings. The molecule has 2 atom stereocenters. The number of nitrogens with two attached hydrogens (primary N) is 1. The summed E-state index contributed by atoms with van der Waals surface area (Å²) >= 11 is 3.35. The maximum Gasteiger partial charge on any atom is 0.237 e. The topological polar surface area (TPSA) is 48.1 Å². The minimum atomic E-state index is 0.222. The minimum Gasteiger partial charge on any atom is -0.473 e. The van der Waals surface area contributed by atoms with Gasteiger partial charge in [0, 0.05) is 10.7 Å². The van der Waals surface area contributed by atoms with Gasteiger partial charge in [0.05, 0.1) is 5.69 Å². The lowest BCUT2D eigenvalue weighted by atomic mass is 9.71. The molecule has 2 rings (SSSR count). The Kier molecular flexibility index (Phi) is 3.85. The number of pyridine rings is 1. The molecule has 0 aromatic carbocycles. The monoisotopic (exact) mass is 312 g/mol. The van der Waals surface area contributed by atoms with Crippen molar-refractivity contribution in [3.05, 3.63) is 16.7 Å². The predicted molar refractivity (Wildman–Crippen MR) is 77.6 cm³/mol. The summed E-state index contributed by atoms with van der Waals surface area (Å²) in [6.07, 6.45) is 5.36. The lowest BCUT2D eigenvalue weighted by molar-refractivity contribution is 0.0538. The van der Waals surface area contributed by atoms with Crippen molar-refractivity contribution in [1.82, 2.24) is 4.98 Å². The van der Waals surface area contributed by atoms with E-state index in [0.717, 1.165) is 17.3 Å². The average Bonchev–Trinajstić information content (AvgIpc) is 2.19. The number of halogens is 1. The van der Waals surface area contributed by atoms with Crippen LogP contribution in [0.1, 0.15) is 40.0 Å². The van der Waals surface area contributed by atoms with Gasteiger partial charge in [-0.05, 0) is 52.6 Å². The van der Waals surface area contributed by atoms with E-state index >= 15 is 0 Å². The van der Waals surface area contributed by atoms with Gasteiger partial charge in [0.15, 0.2) is 0 Å². The van der Waals surface area contributed by atoms with Crippen molar-refractivity contribution in [2.24, 2.45) is 11.3 Å². The van der Waals surface area contributed by atoms with Crippen LogP contribution in [0.5, 0.6) is 5.88 Å². The van der Waals surface area contributed by atoms with Gasteiger partial charge in [0.2, 0.25) is 5.88 Å². The highest BCUT2D eigenvalue weighted by molar-refractivity contribution is 9.10. The molecular weight excluding hydrogens is 292 g/mol. The Morgan fingerprint density at radius 3 is 2.78 bits per heavy atom. The molecule has 2 N–H and O–H groups in total. The fourth-order valence-electron chi connectivity index (χ4n) is 3.05. The molecule has 0 radical (unpaired) electrons. The summed E-state index contributed by atoms with van der Waals surface area (Å²) in [7, 11) is 0. The van der Waals surface area contributed by atoms with Crippen LogP contribution in [0, 0.1) is 11.3 Å². The van der Waals surface area contributed by atoms with Gasteiger partial charge in [0.25, 0.3) is 0 Å². The molecule has 1 saturated carbocycles. The van der Waals surface area contributed by atoms with Crippen molar-refractivity contribution >= 4 is 21.6 Å². The summed E-state index contributed by atoms with van der Waals surface area (Å²) in [6, 6.07) is 1.83. The molecule has 4 heteroatoms. The van der Waals surface area contributed by atoms with E-state index in [4.69, 9.17) is 10.5 Å². The van der Waals surface area contributed by atoms with Gasteiger partial charge in [0.1, 0.15) is 6.10 Å². The van der Waals surface area contributed by atoms with E-state index in [2.05, 4.69) is 41.7 Å². The zero-order valence-electron chi connectivity index (χ0n) is 11.2. The summed E-state index contributed by atoms with van der Waals surface area (Å²) in [5.74, 6) is 1.25. The molecule has 0 bridgehead atoms. The quantitative estimate of drug-likeness (QED) is 0.897. The minimum absolute atomic E-state index is 0.222. The molecule has 0 amide bonds. The Morgan fingerprint density at radius 2 is 2.17 bits per heavy atom. The van der Waals surface area contributed by atoms with Crippen LogP contribution in [0.3, 0.4) is 0 Å². The Balaban J connectivity index is 2.09. The van der Waals surface area contributed by atoms with Gasteiger partial charge < -0.3 is 10.5 Å². The second kappa shape index (κ2) is 5.08. The molecule has 0 spiro atoms. The Hall–Kier alpha value is -0.770. The first-order valence-corrected chi connectivity index (χ1v) is 7.23. The smallest absolute Gasteiger partial charge is 0.237 e. The summed E-state index contributed by atoms with van der Waals surface area (Å²) in [6.45, 7) is 6.89. The normalized spacial score (nSPS) is 26.9. The third-order valence-corrected chi connectivity index (χ3v) is 3.90. The van der Waals surface area contributed by atoms with Crippen LogP contribution >= 0.6 is 15.9 Å². The first kappa shape index (κ1) is 13.7. The number of rotatable bonds is 2. The van der Waals surface area contributed by atoms with Crippen molar-refractivity contribution in [3.63, 3.8) is 0 Å². The van der Waals surface area contributed by atoms with Crippen molar-refractivity contribution < 1.29 is 4.74 Å². The van der Waals surface area contributed by atoms with Crippen LogP contribution in [0.2, 0.25) is 0 Å². The summed E-state index contributed by atoms with van der Waals surface area (Å²) in [5, 5.41) is 0. The molecule has 0 saturated heterocycles. The van der Waals surface area contributed by atoms with Gasteiger partial charge in [-0.2, -0.15) is 0 Å². The third kappa shape index (κ3) is 3.37. The highest BCUT2D eigenvalue weighted by Gasteiger charge is 2.33. The first-order valence-electron chi connectivity index (χ1n) is 6.43. The molecule has 1 fully saturated rings. The molecule has 2 unspecified atom stereocenters. The summed E-state index contributed by atoms with van der Waals surface area (Å²) in [5.41, 5.74) is 6.86. The number of aromatic nitrogens is 1. The maximum atomic E-state index is 5.99. The molecule has 1 aliphatic carbocycles. The number of hydrogen-bond donors (Lipinski definition) is 1. The second-order valence-corrected chi connectivity index (χ2v) is 7.12. The molecule has 3 nitrogen and oxygen atoms in total. The van der Waals surface area contributed by atoms with Crippen LogP contribution in [0.4, 0.5) is 5.69 Å². The second-order valence-electron chi connectivity index (χ2n) is 6.20. The van der Waals surface area contributed by atoms with E-state index < -0.39 is 0 Å². The lowest BCUT2D eigenvalue weighted by Crippen LogP contribution is -2.34. The van der Waals surface area contributed by atoms with E-state index in [-0.39, 0.29) is 6.10 Å². The highest BCUT2D eigenvalue weighted by atomic mass is 79.9. The van der Waals surface area contributed by atoms with Crippen molar-refractivity contribution in [3.8, 4) is 5.88 Å². The summed E-state index contributed by atoms with van der Waals surface area (Å²) in [4.78, 5) is 4.25. The van der Waals surface area contributed by atoms with Crippen LogP contribution in [0.15, 0.2) is 16.7 Å². The Morgan fingerprint density at radius 1 is 1.44 bits per heavy atom. The zero-order chi connectivity index (χ0) is 13.3. The number of nitrogens with zero attached hydrogens (tertiary/aromatic N) is 1. The van der Waals surface area contributed by atoms with E-state index in [0.29, 0.717) is 22.9 Å². The van der Waals surface area contributed by atoms with Crippen LogP contribution in [-0.2, 0) is 0 Å². The predicted octanol–water partition coefficient (Wildman–Crippen LogP) is 4.02. The zero-order valence-corrected chi connectivity index (χ0v) is 12.8. The van der Waals surface area contributed by atoms with E-state index in [9.17, 15) is 0 Å². The van der Waals surface area contributed by atoms with Gasteiger partial charge in [-0.25, -0.2) is 4.98 Å². The third-order valence-electron chi connectivity index (χ3n) is 3.47. The molecule has 1 aromatic rings. The molecule has 100 valence electrons. The number of anilines is 1. The molecule has 1 heterocycles. The van der Waals surface area contributed by atoms with Crippen molar-refractivity contribution in [2.75, 3.05) is 5.73 Å². The molecular formula is C14H21BrN2O. The van der Waals surface area contributed by atoms with Crippen LogP contribution in [0.25, 0.3) is 0 Å². The Labute approximate surface area is 117 Å². The van der Waals surface area contributed by atoms with Crippen LogP contribution < -0.4 is 10.5 Å². The summed E-state index contributed by atoms with van der Waals surface area (Å²) < 4.78 is 6.87. The van der Waals surface area contributed by atoms with E-state index in [1.165, 1.54) is 6.42 Å². The van der Waals surface area contributed by atoms with Crippen molar-refractivity contribution in [2.45, 2.75) is 46.1 Å². The average molecular weight is 313 g/mol.